The van der Waals surface area contributed by atoms with E-state index in [0.717, 1.165) is 47.7 Å². The Kier molecular flexibility index (Phi) is 6.57. The molecule has 0 saturated heterocycles. The van der Waals surface area contributed by atoms with E-state index >= 15 is 0 Å². The lowest BCUT2D eigenvalue weighted by molar-refractivity contribution is -0.144. The van der Waals surface area contributed by atoms with Gasteiger partial charge in [-0.1, -0.05) is 55.8 Å². The Morgan fingerprint density at radius 2 is 2.02 bits per heavy atom. The number of carboxylic acid groups (broad SMARTS) is 1. The van der Waals surface area contributed by atoms with Crippen LogP contribution in [0.5, 0.6) is 5.75 Å². The second kappa shape index (κ2) is 10.0. The molecule has 1 spiro atoms. The van der Waals surface area contributed by atoms with Gasteiger partial charge in [0.15, 0.2) is 0 Å². The van der Waals surface area contributed by atoms with Gasteiger partial charge in [0, 0.05) is 39.5 Å². The van der Waals surface area contributed by atoms with Crippen LogP contribution in [-0.2, 0) is 23.1 Å². The van der Waals surface area contributed by atoms with Crippen molar-refractivity contribution in [2.45, 2.75) is 88.0 Å². The molecule has 1 fully saturated rings. The summed E-state index contributed by atoms with van der Waals surface area (Å²) < 4.78 is 6.56. The summed E-state index contributed by atoms with van der Waals surface area (Å²) in [5.74, 6) is 1.47. The van der Waals surface area contributed by atoms with Crippen LogP contribution in [0.4, 0.5) is 5.69 Å². The molecule has 4 aliphatic rings. The second-order valence-electron chi connectivity index (χ2n) is 13.2. The maximum absolute atomic E-state index is 12.7. The number of carbonyl (C=O) groups is 1. The highest BCUT2D eigenvalue weighted by Gasteiger charge is 2.61. The molecule has 214 valence electrons. The molecule has 1 aliphatic heterocycles. The first-order valence-corrected chi connectivity index (χ1v) is 15.7. The van der Waals surface area contributed by atoms with Crippen LogP contribution in [0.15, 0.2) is 54.7 Å². The van der Waals surface area contributed by atoms with Crippen molar-refractivity contribution in [1.82, 2.24) is 4.98 Å². The maximum Gasteiger partial charge on any atom is 0.329 e. The van der Waals surface area contributed by atoms with Crippen molar-refractivity contribution in [3.05, 3.63) is 87.7 Å². The van der Waals surface area contributed by atoms with Gasteiger partial charge in [-0.05, 0) is 104 Å². The summed E-state index contributed by atoms with van der Waals surface area (Å²) in [6.07, 6.45) is 9.31. The molecule has 0 radical (unpaired) electrons. The molecule has 5 nitrogen and oxygen atoms in total. The summed E-state index contributed by atoms with van der Waals surface area (Å²) in [5, 5.41) is 14.6. The van der Waals surface area contributed by atoms with Crippen LogP contribution in [0.3, 0.4) is 0 Å². The average molecular weight is 571 g/mol. The van der Waals surface area contributed by atoms with Gasteiger partial charge in [0.2, 0.25) is 0 Å². The number of aryl methyl sites for hydroxylation is 1. The lowest BCUT2D eigenvalue weighted by Crippen LogP contribution is -2.59. The third-order valence-electron chi connectivity index (χ3n) is 10.8. The zero-order valence-electron chi connectivity index (χ0n) is 24.0. The van der Waals surface area contributed by atoms with Gasteiger partial charge < -0.3 is 15.2 Å². The summed E-state index contributed by atoms with van der Waals surface area (Å²) >= 11 is 6.93. The van der Waals surface area contributed by atoms with Gasteiger partial charge >= 0.3 is 5.97 Å². The summed E-state index contributed by atoms with van der Waals surface area (Å²) in [5.41, 5.74) is 6.15. The van der Waals surface area contributed by atoms with Crippen LogP contribution in [0.2, 0.25) is 5.02 Å². The van der Waals surface area contributed by atoms with Crippen LogP contribution >= 0.6 is 11.6 Å². The van der Waals surface area contributed by atoms with E-state index in [9.17, 15) is 9.90 Å². The second-order valence-corrected chi connectivity index (χ2v) is 13.6. The van der Waals surface area contributed by atoms with E-state index < -0.39 is 11.5 Å². The average Bonchev–Trinajstić information content (AvgIpc) is 3.27. The fraction of sp³-hybridized carbons (Fsp3) is 0.486. The minimum Gasteiger partial charge on any atom is -0.493 e. The summed E-state index contributed by atoms with van der Waals surface area (Å²) in [6, 6.07) is 16.8. The van der Waals surface area contributed by atoms with Crippen LogP contribution in [0, 0.1) is 11.8 Å². The summed E-state index contributed by atoms with van der Waals surface area (Å²) in [7, 11) is 0. The number of halogens is 1. The van der Waals surface area contributed by atoms with Gasteiger partial charge in [-0.3, -0.25) is 4.98 Å². The van der Waals surface area contributed by atoms with Crippen molar-refractivity contribution in [1.29, 1.82) is 0 Å². The molecule has 41 heavy (non-hydrogen) atoms. The van der Waals surface area contributed by atoms with E-state index in [1.54, 1.807) is 0 Å². The molecule has 2 aromatic carbocycles. The van der Waals surface area contributed by atoms with Crippen LogP contribution < -0.4 is 10.1 Å². The number of anilines is 1. The van der Waals surface area contributed by atoms with E-state index in [2.05, 4.69) is 48.4 Å². The molecule has 1 saturated carbocycles. The molecule has 3 aliphatic carbocycles. The number of carboxylic acids is 1. The monoisotopic (exact) mass is 570 g/mol. The number of hydrogen-bond donors (Lipinski definition) is 2. The fourth-order valence-corrected chi connectivity index (χ4v) is 9.29. The number of aromatic nitrogens is 1. The summed E-state index contributed by atoms with van der Waals surface area (Å²) in [4.78, 5) is 17.4. The molecule has 1 unspecified atom stereocenters. The van der Waals surface area contributed by atoms with E-state index in [0.29, 0.717) is 37.2 Å². The molecule has 7 rings (SSSR count). The molecule has 6 heteroatoms. The van der Waals surface area contributed by atoms with Crippen molar-refractivity contribution < 1.29 is 14.6 Å². The van der Waals surface area contributed by atoms with Crippen molar-refractivity contribution in [2.24, 2.45) is 11.8 Å². The Balaban J connectivity index is 1.22. The van der Waals surface area contributed by atoms with E-state index in [1.165, 1.54) is 35.2 Å². The quantitative estimate of drug-likeness (QED) is 0.315. The minimum atomic E-state index is -0.957. The highest BCUT2D eigenvalue weighted by Crippen LogP contribution is 2.65. The Morgan fingerprint density at radius 3 is 2.88 bits per heavy atom. The van der Waals surface area contributed by atoms with Crippen molar-refractivity contribution in [3.63, 3.8) is 0 Å². The number of rotatable bonds is 6. The Morgan fingerprint density at radius 1 is 1.17 bits per heavy atom. The Bertz CT molecular complexity index is 1510. The minimum absolute atomic E-state index is 0.0344. The van der Waals surface area contributed by atoms with Crippen LogP contribution in [0.25, 0.3) is 0 Å². The first-order valence-electron chi connectivity index (χ1n) is 15.3. The van der Waals surface area contributed by atoms with Crippen molar-refractivity contribution in [3.8, 4) is 5.75 Å². The van der Waals surface area contributed by atoms with Crippen molar-refractivity contribution in [2.75, 3.05) is 11.9 Å². The molecule has 2 bridgehead atoms. The zero-order valence-corrected chi connectivity index (χ0v) is 24.7. The lowest BCUT2D eigenvalue weighted by atomic mass is 9.51. The van der Waals surface area contributed by atoms with Crippen LogP contribution in [0.1, 0.15) is 92.2 Å². The third kappa shape index (κ3) is 4.18. The van der Waals surface area contributed by atoms with E-state index in [-0.39, 0.29) is 11.3 Å². The van der Waals surface area contributed by atoms with Crippen molar-refractivity contribution >= 4 is 23.3 Å². The van der Waals surface area contributed by atoms with Gasteiger partial charge in [0.05, 0.1) is 6.61 Å². The molecular formula is C35H39ClN2O3. The first kappa shape index (κ1) is 26.8. The number of hydrogen-bond acceptors (Lipinski definition) is 4. The third-order valence-corrected chi connectivity index (χ3v) is 11.2. The molecule has 0 amide bonds. The molecule has 2 N–H and O–H groups in total. The standard InChI is InChI=1S/C35H39ClN2O3/c1-21(20-41-30-13-16-37-28-11-5-7-22(2)31(28)30)17-24-18-23-8-3-4-9-25(23)35(24)15-14-34(33(39)40)19-26(35)32-27(36)10-6-12-29(32)38-34/h3-4,6,8-10,12-13,16,21-22,24,26,38H,5,7,11,14-15,17-20H2,1-2H3,(H,39,40)/t21-,22-,24+,26?,34-,35-/m1/s1. The lowest BCUT2D eigenvalue weighted by Gasteiger charge is -2.56. The van der Waals surface area contributed by atoms with E-state index in [1.807, 2.05) is 30.5 Å². The molecular weight excluding hydrogens is 532 g/mol. The summed E-state index contributed by atoms with van der Waals surface area (Å²) in [6.45, 7) is 5.26. The number of pyridine rings is 1. The first-order chi connectivity index (χ1) is 19.8. The molecule has 3 aromatic rings. The van der Waals surface area contributed by atoms with E-state index in [4.69, 9.17) is 16.3 Å². The predicted octanol–water partition coefficient (Wildman–Crippen LogP) is 7.91. The topological polar surface area (TPSA) is 71.5 Å². The van der Waals surface area contributed by atoms with Crippen LogP contribution in [-0.4, -0.2) is 28.2 Å². The van der Waals surface area contributed by atoms with Gasteiger partial charge in [0.25, 0.3) is 0 Å². The maximum atomic E-state index is 12.7. The smallest absolute Gasteiger partial charge is 0.329 e. The highest BCUT2D eigenvalue weighted by atomic mass is 35.5. The molecule has 2 heterocycles. The van der Waals surface area contributed by atoms with Gasteiger partial charge in [-0.15, -0.1) is 0 Å². The number of nitrogens with one attached hydrogen (secondary N) is 1. The SMILES string of the molecule is C[C@@H](COc1ccnc2c1[C@H](C)CCC2)C[C@H]1Cc2ccccc2[C@@]12CC[C@]1(C(=O)O)CC2c2c(Cl)cccc2N1. The Hall–Kier alpha value is -3.05. The Labute approximate surface area is 247 Å². The molecule has 6 atom stereocenters. The number of fused-ring (bicyclic) bond motifs is 8. The number of ether oxygens (including phenoxy) is 1. The zero-order chi connectivity index (χ0) is 28.4. The number of aliphatic carboxylic acids is 1. The predicted molar refractivity (Wildman–Crippen MR) is 162 cm³/mol. The largest absolute Gasteiger partial charge is 0.493 e. The highest BCUT2D eigenvalue weighted by molar-refractivity contribution is 6.32. The normalized spacial score (nSPS) is 30.1. The van der Waals surface area contributed by atoms with Gasteiger partial charge in [0.1, 0.15) is 11.3 Å². The number of nitrogens with zero attached hydrogens (tertiary/aromatic N) is 1. The molecule has 1 aromatic heterocycles. The van der Waals surface area contributed by atoms with Gasteiger partial charge in [-0.25, -0.2) is 4.79 Å². The number of benzene rings is 2. The van der Waals surface area contributed by atoms with Gasteiger partial charge in [-0.2, -0.15) is 0 Å². The fourth-order valence-electron chi connectivity index (χ4n) is 8.99.